The van der Waals surface area contributed by atoms with E-state index in [4.69, 9.17) is 14.5 Å². The molecule has 0 aliphatic carbocycles. The van der Waals surface area contributed by atoms with Gasteiger partial charge in [-0.3, -0.25) is 14.8 Å². The number of anilines is 1. The first-order valence-electron chi connectivity index (χ1n) is 11.5. The standard InChI is InChI=1S/C22H32N6O3/c29-20(4-7-27-9-13-31-14-10-27)28-8-3-16(15-28)19-2-1-18-21(25-26-22(18)24-19)23-17-5-11-30-12-6-17/h1-2,16-17H,3-15H2,(H2,23,24,25,26). The molecule has 5 heterocycles. The van der Waals surface area contributed by atoms with Crippen LogP contribution in [0.15, 0.2) is 12.1 Å². The summed E-state index contributed by atoms with van der Waals surface area (Å²) in [5, 5.41) is 12.1. The topological polar surface area (TPSA) is 95.6 Å². The van der Waals surface area contributed by atoms with Crippen molar-refractivity contribution in [1.29, 1.82) is 0 Å². The molecule has 0 saturated carbocycles. The van der Waals surface area contributed by atoms with Gasteiger partial charge in [0, 0.05) is 70.0 Å². The van der Waals surface area contributed by atoms with Crippen molar-refractivity contribution in [2.75, 3.05) is 64.5 Å². The minimum absolute atomic E-state index is 0.250. The first-order valence-corrected chi connectivity index (χ1v) is 11.5. The van der Waals surface area contributed by atoms with Crippen molar-refractivity contribution in [3.05, 3.63) is 17.8 Å². The first-order chi connectivity index (χ1) is 15.3. The maximum atomic E-state index is 12.7. The predicted octanol–water partition coefficient (Wildman–Crippen LogP) is 1.59. The number of nitrogens with one attached hydrogen (secondary N) is 2. The number of nitrogens with zero attached hydrogens (tertiary/aromatic N) is 4. The Hall–Kier alpha value is -2.23. The molecular formula is C22H32N6O3. The Bertz CT molecular complexity index is 890. The number of carbonyl (C=O) groups is 1. The Morgan fingerprint density at radius 3 is 2.74 bits per heavy atom. The minimum Gasteiger partial charge on any atom is -0.381 e. The Kier molecular flexibility index (Phi) is 6.33. The van der Waals surface area contributed by atoms with Gasteiger partial charge in [0.25, 0.3) is 0 Å². The van der Waals surface area contributed by atoms with Crippen molar-refractivity contribution in [1.82, 2.24) is 25.0 Å². The number of pyridine rings is 1. The molecule has 2 aromatic rings. The summed E-state index contributed by atoms with van der Waals surface area (Å²) in [6, 6.07) is 4.59. The van der Waals surface area contributed by atoms with Crippen LogP contribution in [0.5, 0.6) is 0 Å². The van der Waals surface area contributed by atoms with Crippen molar-refractivity contribution in [3.63, 3.8) is 0 Å². The van der Waals surface area contributed by atoms with E-state index in [-0.39, 0.29) is 11.8 Å². The Labute approximate surface area is 182 Å². The lowest BCUT2D eigenvalue weighted by atomic mass is 10.0. The molecule has 3 fully saturated rings. The number of fused-ring (bicyclic) bond motifs is 1. The Balaban J connectivity index is 1.17. The fourth-order valence-electron chi connectivity index (χ4n) is 4.76. The van der Waals surface area contributed by atoms with Gasteiger partial charge in [0.1, 0.15) is 0 Å². The maximum absolute atomic E-state index is 12.7. The molecule has 2 aromatic heterocycles. The van der Waals surface area contributed by atoms with Gasteiger partial charge in [-0.15, -0.1) is 0 Å². The SMILES string of the molecule is O=C(CCN1CCOCC1)N1CCC(c2ccc3c(NC4CCOCC4)n[nH]c3n2)C1. The van der Waals surface area contributed by atoms with Crippen LogP contribution in [-0.2, 0) is 14.3 Å². The van der Waals surface area contributed by atoms with E-state index in [1.807, 2.05) is 4.90 Å². The number of amides is 1. The van der Waals surface area contributed by atoms with Crippen LogP contribution in [0.2, 0.25) is 0 Å². The smallest absolute Gasteiger partial charge is 0.223 e. The Morgan fingerprint density at radius 1 is 1.10 bits per heavy atom. The van der Waals surface area contributed by atoms with Crippen LogP contribution < -0.4 is 5.32 Å². The third-order valence-corrected chi connectivity index (χ3v) is 6.71. The van der Waals surface area contributed by atoms with E-state index >= 15 is 0 Å². The lowest BCUT2D eigenvalue weighted by Gasteiger charge is -2.27. The summed E-state index contributed by atoms with van der Waals surface area (Å²) in [5.74, 6) is 1.40. The van der Waals surface area contributed by atoms with Gasteiger partial charge in [-0.2, -0.15) is 5.10 Å². The molecule has 31 heavy (non-hydrogen) atoms. The van der Waals surface area contributed by atoms with Gasteiger partial charge in [-0.05, 0) is 31.4 Å². The number of likely N-dealkylation sites (tertiary alicyclic amines) is 1. The fourth-order valence-corrected chi connectivity index (χ4v) is 4.76. The summed E-state index contributed by atoms with van der Waals surface area (Å²) in [5.41, 5.74) is 1.85. The van der Waals surface area contributed by atoms with Crippen molar-refractivity contribution in [3.8, 4) is 0 Å². The van der Waals surface area contributed by atoms with Crippen LogP contribution in [0.1, 0.15) is 37.3 Å². The predicted molar refractivity (Wildman–Crippen MR) is 117 cm³/mol. The fraction of sp³-hybridized carbons (Fsp3) is 0.682. The quantitative estimate of drug-likeness (QED) is 0.721. The number of morpholine rings is 1. The summed E-state index contributed by atoms with van der Waals surface area (Å²) < 4.78 is 10.8. The zero-order valence-corrected chi connectivity index (χ0v) is 18.0. The number of rotatable bonds is 6. The highest BCUT2D eigenvalue weighted by Crippen LogP contribution is 2.29. The zero-order valence-electron chi connectivity index (χ0n) is 18.0. The molecule has 2 N–H and O–H groups in total. The van der Waals surface area contributed by atoms with E-state index in [0.717, 1.165) is 101 Å². The Morgan fingerprint density at radius 2 is 1.90 bits per heavy atom. The monoisotopic (exact) mass is 428 g/mol. The van der Waals surface area contributed by atoms with Crippen LogP contribution >= 0.6 is 0 Å². The van der Waals surface area contributed by atoms with Crippen LogP contribution in [0.4, 0.5) is 5.82 Å². The van der Waals surface area contributed by atoms with Crippen LogP contribution in [0.3, 0.4) is 0 Å². The summed E-state index contributed by atoms with van der Waals surface area (Å²) in [6.45, 7) is 7.38. The van der Waals surface area contributed by atoms with Crippen LogP contribution in [0, 0.1) is 0 Å². The molecular weight excluding hydrogens is 396 g/mol. The van der Waals surface area contributed by atoms with E-state index in [9.17, 15) is 4.79 Å². The molecule has 0 spiro atoms. The highest BCUT2D eigenvalue weighted by Gasteiger charge is 2.29. The average molecular weight is 429 g/mol. The van der Waals surface area contributed by atoms with Gasteiger partial charge < -0.3 is 19.7 Å². The minimum atomic E-state index is 0.250. The van der Waals surface area contributed by atoms with Gasteiger partial charge in [-0.1, -0.05) is 0 Å². The summed E-state index contributed by atoms with van der Waals surface area (Å²) in [4.78, 5) is 21.8. The number of carbonyl (C=O) groups excluding carboxylic acids is 1. The third-order valence-electron chi connectivity index (χ3n) is 6.71. The normalized spacial score (nSPS) is 23.5. The number of aromatic amines is 1. The van der Waals surface area contributed by atoms with Gasteiger partial charge >= 0.3 is 0 Å². The number of H-pyrrole nitrogens is 1. The first kappa shape index (κ1) is 20.7. The van der Waals surface area contributed by atoms with E-state index < -0.39 is 0 Å². The molecule has 1 atom stereocenters. The maximum Gasteiger partial charge on any atom is 0.223 e. The highest BCUT2D eigenvalue weighted by molar-refractivity contribution is 5.87. The molecule has 3 aliphatic rings. The molecule has 1 amide bonds. The molecule has 0 radical (unpaired) electrons. The second-order valence-electron chi connectivity index (χ2n) is 8.76. The largest absolute Gasteiger partial charge is 0.381 e. The molecule has 168 valence electrons. The van der Waals surface area contributed by atoms with Crippen molar-refractivity contribution in [2.24, 2.45) is 0 Å². The molecule has 5 rings (SSSR count). The van der Waals surface area contributed by atoms with E-state index in [2.05, 4.69) is 32.5 Å². The van der Waals surface area contributed by atoms with Gasteiger partial charge in [-0.25, -0.2) is 4.98 Å². The van der Waals surface area contributed by atoms with Crippen LogP contribution in [0.25, 0.3) is 11.0 Å². The van der Waals surface area contributed by atoms with Crippen molar-refractivity contribution < 1.29 is 14.3 Å². The molecule has 9 heteroatoms. The number of hydrogen-bond acceptors (Lipinski definition) is 7. The average Bonchev–Trinajstić information content (AvgIpc) is 3.46. The molecule has 3 aliphatic heterocycles. The lowest BCUT2D eigenvalue weighted by molar-refractivity contribution is -0.130. The van der Waals surface area contributed by atoms with Crippen molar-refractivity contribution in [2.45, 2.75) is 37.6 Å². The zero-order chi connectivity index (χ0) is 21.0. The number of aromatic nitrogens is 3. The molecule has 9 nitrogen and oxygen atoms in total. The second-order valence-corrected chi connectivity index (χ2v) is 8.76. The summed E-state index contributed by atoms with van der Waals surface area (Å²) in [6.07, 6.45) is 3.54. The summed E-state index contributed by atoms with van der Waals surface area (Å²) in [7, 11) is 0. The van der Waals surface area contributed by atoms with E-state index in [1.54, 1.807) is 0 Å². The van der Waals surface area contributed by atoms with E-state index in [1.165, 1.54) is 0 Å². The number of hydrogen-bond donors (Lipinski definition) is 2. The van der Waals surface area contributed by atoms with Crippen LogP contribution in [-0.4, -0.2) is 96.1 Å². The van der Waals surface area contributed by atoms with Gasteiger partial charge in [0.05, 0.1) is 18.6 Å². The highest BCUT2D eigenvalue weighted by atomic mass is 16.5. The molecule has 1 unspecified atom stereocenters. The van der Waals surface area contributed by atoms with Gasteiger partial charge in [0.15, 0.2) is 11.5 Å². The van der Waals surface area contributed by atoms with E-state index in [0.29, 0.717) is 12.5 Å². The third kappa shape index (κ3) is 4.83. The second kappa shape index (κ2) is 9.50. The molecule has 0 bridgehead atoms. The lowest BCUT2D eigenvalue weighted by Crippen LogP contribution is -2.39. The molecule has 0 aromatic carbocycles. The van der Waals surface area contributed by atoms with Crippen molar-refractivity contribution >= 4 is 22.8 Å². The number of ether oxygens (including phenoxy) is 2. The molecule has 3 saturated heterocycles. The van der Waals surface area contributed by atoms with Gasteiger partial charge in [0.2, 0.25) is 5.91 Å². The summed E-state index contributed by atoms with van der Waals surface area (Å²) >= 11 is 0.